The molecule has 0 fully saturated rings. The van der Waals surface area contributed by atoms with Crippen molar-refractivity contribution in [2.24, 2.45) is 5.73 Å². The summed E-state index contributed by atoms with van der Waals surface area (Å²) < 4.78 is 0. The van der Waals surface area contributed by atoms with Crippen LogP contribution in [0.25, 0.3) is 0 Å². The molecule has 0 aliphatic heterocycles. The standard InChI is InChI=1S/C12H16ClN/c1-12(8-14)7-3-4-9-10(12)5-2-6-11(9)13/h2,5-6H,3-4,7-8,14H2,1H3. The first-order valence-corrected chi connectivity index (χ1v) is 5.53. The van der Waals surface area contributed by atoms with E-state index in [2.05, 4.69) is 13.0 Å². The summed E-state index contributed by atoms with van der Waals surface area (Å²) in [5.74, 6) is 0. The van der Waals surface area contributed by atoms with Crippen LogP contribution in [0.4, 0.5) is 0 Å². The highest BCUT2D eigenvalue weighted by molar-refractivity contribution is 6.31. The molecule has 2 N–H and O–H groups in total. The van der Waals surface area contributed by atoms with Crippen molar-refractivity contribution in [1.82, 2.24) is 0 Å². The summed E-state index contributed by atoms with van der Waals surface area (Å²) in [5.41, 5.74) is 8.67. The van der Waals surface area contributed by atoms with Crippen molar-refractivity contribution in [3.8, 4) is 0 Å². The van der Waals surface area contributed by atoms with E-state index >= 15 is 0 Å². The molecule has 0 heterocycles. The summed E-state index contributed by atoms with van der Waals surface area (Å²) in [5, 5.41) is 0.905. The molecule has 14 heavy (non-hydrogen) atoms. The Balaban J connectivity index is 2.55. The van der Waals surface area contributed by atoms with Crippen molar-refractivity contribution in [3.05, 3.63) is 34.3 Å². The van der Waals surface area contributed by atoms with E-state index in [1.165, 1.54) is 24.0 Å². The largest absolute Gasteiger partial charge is 0.330 e. The summed E-state index contributed by atoms with van der Waals surface area (Å²) >= 11 is 6.19. The molecule has 1 nitrogen and oxygen atoms in total. The minimum absolute atomic E-state index is 0.137. The van der Waals surface area contributed by atoms with Gasteiger partial charge in [0.2, 0.25) is 0 Å². The maximum Gasteiger partial charge on any atom is 0.0440 e. The number of hydrogen-bond acceptors (Lipinski definition) is 1. The number of halogens is 1. The van der Waals surface area contributed by atoms with Crippen LogP contribution in [0.15, 0.2) is 18.2 Å². The zero-order valence-electron chi connectivity index (χ0n) is 8.52. The normalized spacial score (nSPS) is 25.9. The van der Waals surface area contributed by atoms with Crippen LogP contribution in [0.1, 0.15) is 30.9 Å². The van der Waals surface area contributed by atoms with Gasteiger partial charge in [-0.3, -0.25) is 0 Å². The van der Waals surface area contributed by atoms with E-state index in [1.807, 2.05) is 12.1 Å². The van der Waals surface area contributed by atoms with Gasteiger partial charge in [-0.05, 0) is 36.5 Å². The maximum absolute atomic E-state index is 6.19. The fourth-order valence-electron chi connectivity index (χ4n) is 2.38. The van der Waals surface area contributed by atoms with Crippen LogP contribution >= 0.6 is 11.6 Å². The Morgan fingerprint density at radius 3 is 3.00 bits per heavy atom. The van der Waals surface area contributed by atoms with Crippen LogP contribution in [0, 0.1) is 0 Å². The van der Waals surface area contributed by atoms with Gasteiger partial charge in [0.05, 0.1) is 0 Å². The van der Waals surface area contributed by atoms with E-state index in [1.54, 1.807) is 0 Å². The van der Waals surface area contributed by atoms with Crippen LogP contribution in [-0.2, 0) is 11.8 Å². The lowest BCUT2D eigenvalue weighted by molar-refractivity contribution is 0.404. The third-order valence-electron chi connectivity index (χ3n) is 3.37. The second-order valence-corrected chi connectivity index (χ2v) is 4.79. The molecule has 76 valence electrons. The molecule has 1 aromatic rings. The SMILES string of the molecule is CC1(CN)CCCc2c(Cl)cccc21. The molecule has 0 spiro atoms. The highest BCUT2D eigenvalue weighted by atomic mass is 35.5. The molecule has 1 unspecified atom stereocenters. The summed E-state index contributed by atoms with van der Waals surface area (Å²) in [7, 11) is 0. The minimum Gasteiger partial charge on any atom is -0.330 e. The van der Waals surface area contributed by atoms with E-state index < -0.39 is 0 Å². The lowest BCUT2D eigenvalue weighted by Crippen LogP contribution is -2.35. The van der Waals surface area contributed by atoms with Gasteiger partial charge in [0.1, 0.15) is 0 Å². The second kappa shape index (κ2) is 3.56. The Morgan fingerprint density at radius 1 is 1.50 bits per heavy atom. The average molecular weight is 210 g/mol. The predicted octanol–water partition coefficient (Wildman–Crippen LogP) is 2.89. The smallest absolute Gasteiger partial charge is 0.0440 e. The van der Waals surface area contributed by atoms with Crippen LogP contribution in [-0.4, -0.2) is 6.54 Å². The minimum atomic E-state index is 0.137. The van der Waals surface area contributed by atoms with Gasteiger partial charge >= 0.3 is 0 Å². The molecule has 0 saturated carbocycles. The van der Waals surface area contributed by atoms with E-state index in [9.17, 15) is 0 Å². The van der Waals surface area contributed by atoms with Crippen molar-refractivity contribution in [3.63, 3.8) is 0 Å². The fourth-order valence-corrected chi connectivity index (χ4v) is 2.65. The van der Waals surface area contributed by atoms with Gasteiger partial charge in [-0.2, -0.15) is 0 Å². The quantitative estimate of drug-likeness (QED) is 0.757. The van der Waals surface area contributed by atoms with Gasteiger partial charge in [0.15, 0.2) is 0 Å². The number of rotatable bonds is 1. The second-order valence-electron chi connectivity index (χ2n) is 4.38. The van der Waals surface area contributed by atoms with Crippen molar-refractivity contribution in [2.75, 3.05) is 6.54 Å². The molecule has 0 amide bonds. The summed E-state index contributed by atoms with van der Waals surface area (Å²) in [6.07, 6.45) is 3.48. The monoisotopic (exact) mass is 209 g/mol. The van der Waals surface area contributed by atoms with E-state index in [4.69, 9.17) is 17.3 Å². The van der Waals surface area contributed by atoms with Gasteiger partial charge in [-0.1, -0.05) is 30.7 Å². The molecule has 0 saturated heterocycles. The topological polar surface area (TPSA) is 26.0 Å². The van der Waals surface area contributed by atoms with Gasteiger partial charge in [0, 0.05) is 17.0 Å². The highest BCUT2D eigenvalue weighted by Crippen LogP contribution is 2.38. The van der Waals surface area contributed by atoms with Crippen molar-refractivity contribution in [1.29, 1.82) is 0 Å². The summed E-state index contributed by atoms with van der Waals surface area (Å²) in [6, 6.07) is 6.18. The van der Waals surface area contributed by atoms with Crippen LogP contribution in [0.2, 0.25) is 5.02 Å². The Morgan fingerprint density at radius 2 is 2.29 bits per heavy atom. The molecule has 0 bridgehead atoms. The van der Waals surface area contributed by atoms with Crippen LogP contribution < -0.4 is 5.73 Å². The molecule has 1 atom stereocenters. The number of benzene rings is 1. The molecule has 0 aromatic heterocycles. The molecule has 2 heteroatoms. The predicted molar refractivity (Wildman–Crippen MR) is 60.8 cm³/mol. The Bertz CT molecular complexity index is 348. The van der Waals surface area contributed by atoms with E-state index in [0.29, 0.717) is 6.54 Å². The average Bonchev–Trinajstić information content (AvgIpc) is 2.20. The number of nitrogens with two attached hydrogens (primary N) is 1. The molecular formula is C12H16ClN. The first kappa shape index (κ1) is 10.0. The Labute approximate surface area is 90.3 Å². The third kappa shape index (κ3) is 1.45. The van der Waals surface area contributed by atoms with Crippen LogP contribution in [0.3, 0.4) is 0 Å². The van der Waals surface area contributed by atoms with E-state index in [0.717, 1.165) is 11.4 Å². The third-order valence-corrected chi connectivity index (χ3v) is 3.73. The molecular weight excluding hydrogens is 194 g/mol. The lowest BCUT2D eigenvalue weighted by Gasteiger charge is -2.35. The zero-order chi connectivity index (χ0) is 10.2. The summed E-state index contributed by atoms with van der Waals surface area (Å²) in [4.78, 5) is 0. The van der Waals surface area contributed by atoms with Crippen molar-refractivity contribution < 1.29 is 0 Å². The molecule has 0 radical (unpaired) electrons. The van der Waals surface area contributed by atoms with Gasteiger partial charge in [-0.25, -0.2) is 0 Å². The first-order chi connectivity index (χ1) is 6.67. The molecule has 2 rings (SSSR count). The van der Waals surface area contributed by atoms with Gasteiger partial charge in [-0.15, -0.1) is 0 Å². The van der Waals surface area contributed by atoms with Gasteiger partial charge < -0.3 is 5.73 Å². The molecule has 1 aliphatic carbocycles. The van der Waals surface area contributed by atoms with E-state index in [-0.39, 0.29) is 5.41 Å². The van der Waals surface area contributed by atoms with Crippen LogP contribution in [0.5, 0.6) is 0 Å². The number of hydrogen-bond donors (Lipinski definition) is 1. The van der Waals surface area contributed by atoms with Gasteiger partial charge in [0.25, 0.3) is 0 Å². The number of fused-ring (bicyclic) bond motifs is 1. The molecule has 1 aliphatic rings. The lowest BCUT2D eigenvalue weighted by atomic mass is 9.71. The van der Waals surface area contributed by atoms with Crippen molar-refractivity contribution >= 4 is 11.6 Å². The Kier molecular flexibility index (Phi) is 2.54. The molecule has 1 aromatic carbocycles. The summed E-state index contributed by atoms with van der Waals surface area (Å²) in [6.45, 7) is 2.95. The fraction of sp³-hybridized carbons (Fsp3) is 0.500. The Hall–Kier alpha value is -0.530. The van der Waals surface area contributed by atoms with Crippen molar-refractivity contribution in [2.45, 2.75) is 31.6 Å². The first-order valence-electron chi connectivity index (χ1n) is 5.15. The zero-order valence-corrected chi connectivity index (χ0v) is 9.27. The highest BCUT2D eigenvalue weighted by Gasteiger charge is 2.31. The maximum atomic E-state index is 6.19.